The molecular formula is C37H47ClN10O3. The summed E-state index contributed by atoms with van der Waals surface area (Å²) in [6.07, 6.45) is 5.10. The number of H-pyrrole nitrogens is 1. The number of aryl methyl sites for hydroxylation is 1. The molecule has 3 heterocycles. The first-order valence-electron chi connectivity index (χ1n) is 17.5. The second-order valence-electron chi connectivity index (χ2n) is 13.6. The normalized spacial score (nSPS) is 20.9. The number of aromatic amines is 1. The Labute approximate surface area is 304 Å². The van der Waals surface area contributed by atoms with Gasteiger partial charge in [0.25, 0.3) is 11.8 Å². The van der Waals surface area contributed by atoms with Crippen LogP contribution >= 0.6 is 12.4 Å². The van der Waals surface area contributed by atoms with Gasteiger partial charge in [-0.1, -0.05) is 30.3 Å². The smallest absolute Gasteiger partial charge is 0.270 e. The molecule has 2 aliphatic rings. The number of hydrogen-bond donors (Lipinski definition) is 5. The van der Waals surface area contributed by atoms with E-state index in [9.17, 15) is 14.4 Å². The summed E-state index contributed by atoms with van der Waals surface area (Å²) in [6.45, 7) is 5.50. The Morgan fingerprint density at radius 2 is 1.67 bits per heavy atom. The summed E-state index contributed by atoms with van der Waals surface area (Å²) < 4.78 is 0. The minimum Gasteiger partial charge on any atom is -0.348 e. The molecule has 1 aliphatic heterocycles. The Kier molecular flexibility index (Phi) is 12.6. The third kappa shape index (κ3) is 9.03. The van der Waals surface area contributed by atoms with Crippen LogP contribution in [0.4, 0.5) is 5.69 Å². The van der Waals surface area contributed by atoms with Crippen LogP contribution in [0.15, 0.2) is 60.7 Å². The molecule has 270 valence electrons. The molecule has 51 heavy (non-hydrogen) atoms. The van der Waals surface area contributed by atoms with E-state index in [1.807, 2.05) is 37.3 Å². The maximum absolute atomic E-state index is 14.0. The predicted molar refractivity (Wildman–Crippen MR) is 198 cm³/mol. The van der Waals surface area contributed by atoms with Gasteiger partial charge in [-0.3, -0.25) is 14.4 Å². The Morgan fingerprint density at radius 3 is 2.29 bits per heavy atom. The molecule has 2 aromatic heterocycles. The zero-order valence-electron chi connectivity index (χ0n) is 29.0. The van der Waals surface area contributed by atoms with Crippen LogP contribution in [0.1, 0.15) is 67.2 Å². The van der Waals surface area contributed by atoms with E-state index in [0.29, 0.717) is 54.1 Å². The molecule has 0 radical (unpaired) electrons. The number of anilines is 1. The van der Waals surface area contributed by atoms with E-state index >= 15 is 0 Å². The highest BCUT2D eigenvalue weighted by Crippen LogP contribution is 2.32. The highest BCUT2D eigenvalue weighted by Gasteiger charge is 2.35. The number of aromatic nitrogens is 5. The molecule has 6 rings (SSSR count). The lowest BCUT2D eigenvalue weighted by Gasteiger charge is -2.32. The minimum absolute atomic E-state index is 0. The van der Waals surface area contributed by atoms with Gasteiger partial charge in [0.15, 0.2) is 0 Å². The van der Waals surface area contributed by atoms with E-state index in [2.05, 4.69) is 43.2 Å². The summed E-state index contributed by atoms with van der Waals surface area (Å²) in [7, 11) is 0. The van der Waals surface area contributed by atoms with Gasteiger partial charge >= 0.3 is 0 Å². The molecule has 4 aromatic rings. The Hall–Kier alpha value is -4.56. The number of nitrogens with one attached hydrogen (secondary N) is 3. The summed E-state index contributed by atoms with van der Waals surface area (Å²) in [6, 6.07) is 18.0. The SMILES string of the molecule is Cc1nc(C(=O)N[C@@H]2CCN[C@H](C)C2)ccc1-c1ccc(C[C@H](N)C(=O)N(c2ccc(-c3nn[nH]n3)cc2)C(=O)[C@H]2CC[C@H](CN)CC2)cc1.Cl. The van der Waals surface area contributed by atoms with Gasteiger partial charge in [0.2, 0.25) is 11.7 Å². The monoisotopic (exact) mass is 714 g/mol. The molecule has 0 spiro atoms. The van der Waals surface area contributed by atoms with Crippen LogP contribution in [0, 0.1) is 18.8 Å². The molecular weight excluding hydrogens is 668 g/mol. The number of nitrogens with zero attached hydrogens (tertiary/aromatic N) is 5. The molecule has 1 saturated heterocycles. The Morgan fingerprint density at radius 1 is 0.961 bits per heavy atom. The second-order valence-corrected chi connectivity index (χ2v) is 13.6. The van der Waals surface area contributed by atoms with Crippen LogP contribution in [-0.2, 0) is 16.0 Å². The van der Waals surface area contributed by atoms with E-state index in [0.717, 1.165) is 54.6 Å². The van der Waals surface area contributed by atoms with E-state index in [1.54, 1.807) is 30.3 Å². The quantitative estimate of drug-likeness (QED) is 0.161. The lowest BCUT2D eigenvalue weighted by atomic mass is 9.81. The van der Waals surface area contributed by atoms with Gasteiger partial charge in [0, 0.05) is 34.8 Å². The zero-order chi connectivity index (χ0) is 35.2. The molecule has 7 N–H and O–H groups in total. The molecule has 3 atom stereocenters. The van der Waals surface area contributed by atoms with Crippen molar-refractivity contribution >= 4 is 35.8 Å². The zero-order valence-corrected chi connectivity index (χ0v) is 29.9. The van der Waals surface area contributed by atoms with Gasteiger partial charge < -0.3 is 22.1 Å². The maximum atomic E-state index is 14.0. The number of pyridine rings is 1. The van der Waals surface area contributed by atoms with Crippen LogP contribution < -0.4 is 27.0 Å². The number of amides is 3. The highest BCUT2D eigenvalue weighted by atomic mass is 35.5. The lowest BCUT2D eigenvalue weighted by Crippen LogP contribution is -2.50. The largest absolute Gasteiger partial charge is 0.348 e. The molecule has 13 nitrogen and oxygen atoms in total. The van der Waals surface area contributed by atoms with Crippen molar-refractivity contribution < 1.29 is 14.4 Å². The van der Waals surface area contributed by atoms with E-state index in [4.69, 9.17) is 11.5 Å². The fourth-order valence-corrected chi connectivity index (χ4v) is 7.08. The molecule has 1 saturated carbocycles. The summed E-state index contributed by atoms with van der Waals surface area (Å²) >= 11 is 0. The van der Waals surface area contributed by atoms with Crippen molar-refractivity contribution in [2.75, 3.05) is 18.0 Å². The summed E-state index contributed by atoms with van der Waals surface area (Å²) in [4.78, 5) is 46.7. The van der Waals surface area contributed by atoms with E-state index in [-0.39, 0.29) is 42.6 Å². The van der Waals surface area contributed by atoms with Crippen LogP contribution in [-0.4, -0.2) is 74.5 Å². The van der Waals surface area contributed by atoms with Crippen molar-refractivity contribution in [2.45, 2.75) is 76.9 Å². The van der Waals surface area contributed by atoms with Crippen molar-refractivity contribution in [2.24, 2.45) is 23.3 Å². The average molecular weight is 715 g/mol. The maximum Gasteiger partial charge on any atom is 0.270 e. The van der Waals surface area contributed by atoms with Crippen molar-refractivity contribution in [1.82, 2.24) is 36.2 Å². The first-order valence-corrected chi connectivity index (χ1v) is 17.5. The fourth-order valence-electron chi connectivity index (χ4n) is 7.08. The first kappa shape index (κ1) is 37.7. The van der Waals surface area contributed by atoms with Gasteiger partial charge in [-0.25, -0.2) is 9.88 Å². The summed E-state index contributed by atoms with van der Waals surface area (Å²) in [5, 5.41) is 20.6. The van der Waals surface area contributed by atoms with E-state index < -0.39 is 11.9 Å². The molecule has 3 amide bonds. The third-order valence-corrected chi connectivity index (χ3v) is 10.0. The molecule has 2 fully saturated rings. The fraction of sp³-hybridized carbons (Fsp3) is 0.432. The standard InChI is InChI=1S/C37H46N10O3.ClH/c1-22-19-29(17-18-40-22)42-35(48)33-16-15-31(23(2)41-33)26-7-3-24(4-8-26)20-32(39)37(50)47(36(49)28-9-5-25(21-38)6-10-28)30-13-11-27(12-14-30)34-43-45-46-44-34;/h3-4,7-8,11-16,22,25,28-29,32,40H,5-6,9-10,17-21,38-39H2,1-2H3,(H,42,48)(H,43,44,45,46);1H/t22-,25-,28-,29-,32+;/m1./s1. The van der Waals surface area contributed by atoms with Crippen molar-refractivity contribution in [3.63, 3.8) is 0 Å². The topological polar surface area (TPSA) is 198 Å². The average Bonchev–Trinajstić information content (AvgIpc) is 3.68. The van der Waals surface area contributed by atoms with E-state index in [1.165, 1.54) is 4.90 Å². The number of piperidine rings is 1. The molecule has 0 unspecified atom stereocenters. The van der Waals surface area contributed by atoms with Gasteiger partial charge in [-0.15, -0.1) is 22.6 Å². The second kappa shape index (κ2) is 17.1. The van der Waals surface area contributed by atoms with Crippen LogP contribution in [0.3, 0.4) is 0 Å². The number of imide groups is 1. The Bertz CT molecular complexity index is 1780. The van der Waals surface area contributed by atoms with Crippen molar-refractivity contribution in [3.05, 3.63) is 77.6 Å². The molecule has 1 aliphatic carbocycles. The van der Waals surface area contributed by atoms with Gasteiger partial charge in [0.05, 0.1) is 11.7 Å². The molecule has 14 heteroatoms. The molecule has 2 aromatic carbocycles. The molecule has 0 bridgehead atoms. The van der Waals surface area contributed by atoms with Gasteiger partial charge in [0.1, 0.15) is 5.69 Å². The third-order valence-electron chi connectivity index (χ3n) is 10.0. The summed E-state index contributed by atoms with van der Waals surface area (Å²) in [5.41, 5.74) is 17.4. The number of rotatable bonds is 10. The van der Waals surface area contributed by atoms with Crippen molar-refractivity contribution in [1.29, 1.82) is 0 Å². The minimum atomic E-state index is -0.953. The first-order chi connectivity index (χ1) is 24.2. The number of halogens is 1. The number of carbonyl (C=O) groups excluding carboxylic acids is 3. The number of nitrogens with two attached hydrogens (primary N) is 2. The number of hydrogen-bond acceptors (Lipinski definition) is 10. The van der Waals surface area contributed by atoms with Crippen molar-refractivity contribution in [3.8, 4) is 22.5 Å². The highest BCUT2D eigenvalue weighted by molar-refractivity contribution is 6.17. The van der Waals surface area contributed by atoms with Crippen LogP contribution in [0.25, 0.3) is 22.5 Å². The number of carbonyl (C=O) groups is 3. The van der Waals surface area contributed by atoms with Crippen LogP contribution in [0.5, 0.6) is 0 Å². The van der Waals surface area contributed by atoms with Gasteiger partial charge in [-0.2, -0.15) is 5.21 Å². The summed E-state index contributed by atoms with van der Waals surface area (Å²) in [5.74, 6) is -0.336. The van der Waals surface area contributed by atoms with Gasteiger partial charge in [-0.05, 0) is 124 Å². The Balaban J connectivity index is 0.00000504. The number of benzene rings is 2. The number of tetrazole rings is 1. The lowest BCUT2D eigenvalue weighted by molar-refractivity contribution is -0.130. The van der Waals surface area contributed by atoms with Crippen LogP contribution in [0.2, 0.25) is 0 Å². The predicted octanol–water partition coefficient (Wildman–Crippen LogP) is 3.72.